The number of hydrogen-bond donors (Lipinski definition) is 2. The molecule has 0 aliphatic carbocycles. The number of aryl methyl sites for hydroxylation is 1. The monoisotopic (exact) mass is 498 g/mol. The smallest absolute Gasteiger partial charge is 0.273 e. The highest BCUT2D eigenvalue weighted by Crippen LogP contribution is 2.27. The fourth-order valence-corrected chi connectivity index (χ4v) is 4.94. The van der Waals surface area contributed by atoms with Gasteiger partial charge in [0.1, 0.15) is 5.82 Å². The number of carbonyl (C=O) groups excluding carboxylic acids is 1. The van der Waals surface area contributed by atoms with E-state index in [2.05, 4.69) is 10.0 Å². The number of nitrogens with one attached hydrogen (secondary N) is 2. The van der Waals surface area contributed by atoms with Gasteiger partial charge in [-0.3, -0.25) is 19.6 Å². The molecule has 11 heteroatoms. The minimum atomic E-state index is -4.08. The van der Waals surface area contributed by atoms with Crippen LogP contribution in [0.5, 0.6) is 0 Å². The number of carbonyl (C=O) groups is 1. The summed E-state index contributed by atoms with van der Waals surface area (Å²) >= 11 is 0. The third-order valence-electron chi connectivity index (χ3n) is 5.74. The molecule has 0 saturated carbocycles. The quantitative estimate of drug-likeness (QED) is 0.360. The van der Waals surface area contributed by atoms with Crippen LogP contribution in [0.2, 0.25) is 0 Å². The van der Waals surface area contributed by atoms with E-state index in [1.165, 1.54) is 49.4 Å². The molecule has 1 saturated heterocycles. The van der Waals surface area contributed by atoms with Crippen LogP contribution in [-0.2, 0) is 10.0 Å². The van der Waals surface area contributed by atoms with Crippen LogP contribution in [0.3, 0.4) is 0 Å². The first-order valence-corrected chi connectivity index (χ1v) is 12.4. The average molecular weight is 499 g/mol. The number of hydrogen-bond acceptors (Lipinski definition) is 6. The number of rotatable bonds is 7. The van der Waals surface area contributed by atoms with Crippen molar-refractivity contribution in [2.24, 2.45) is 0 Å². The van der Waals surface area contributed by atoms with Gasteiger partial charge in [-0.25, -0.2) is 12.8 Å². The predicted octanol–water partition coefficient (Wildman–Crippen LogP) is 4.70. The number of halogens is 1. The maximum absolute atomic E-state index is 14.5. The summed E-state index contributed by atoms with van der Waals surface area (Å²) in [5, 5.41) is 13.7. The fraction of sp³-hybridized carbons (Fsp3) is 0.208. The lowest BCUT2D eigenvalue weighted by Gasteiger charge is -2.18. The third kappa shape index (κ3) is 5.40. The largest absolute Gasteiger partial charge is 0.369 e. The Bertz CT molecular complexity index is 1390. The van der Waals surface area contributed by atoms with E-state index in [1.54, 1.807) is 12.1 Å². The maximum atomic E-state index is 14.5. The standard InChI is InChI=1S/C24H23FN4O5S/c1-16-4-10-20(15-23(16)29(31)32)35(33,34)27-18-7-5-17(6-8-18)24(30)26-19-9-11-22(21(25)14-19)28-12-2-3-13-28/h4-11,14-15,27H,2-3,12-13H2,1H3,(H,26,30). The number of nitrogens with zero attached hydrogens (tertiary/aromatic N) is 2. The van der Waals surface area contributed by atoms with Crippen molar-refractivity contribution < 1.29 is 22.5 Å². The van der Waals surface area contributed by atoms with E-state index in [9.17, 15) is 27.7 Å². The molecule has 9 nitrogen and oxygen atoms in total. The number of benzene rings is 3. The summed E-state index contributed by atoms with van der Waals surface area (Å²) in [5.41, 5.74) is 1.27. The average Bonchev–Trinajstić information content (AvgIpc) is 3.34. The summed E-state index contributed by atoms with van der Waals surface area (Å²) in [7, 11) is -4.08. The van der Waals surface area contributed by atoms with Gasteiger partial charge in [0.25, 0.3) is 21.6 Å². The minimum Gasteiger partial charge on any atom is -0.369 e. The number of anilines is 3. The van der Waals surface area contributed by atoms with Crippen LogP contribution in [0, 0.1) is 22.9 Å². The highest BCUT2D eigenvalue weighted by Gasteiger charge is 2.20. The van der Waals surface area contributed by atoms with Gasteiger partial charge >= 0.3 is 0 Å². The van der Waals surface area contributed by atoms with Gasteiger partial charge in [-0.1, -0.05) is 6.07 Å². The van der Waals surface area contributed by atoms with Crippen LogP contribution in [0.1, 0.15) is 28.8 Å². The van der Waals surface area contributed by atoms with Gasteiger partial charge in [-0.2, -0.15) is 0 Å². The van der Waals surface area contributed by atoms with Crippen molar-refractivity contribution in [3.63, 3.8) is 0 Å². The molecule has 0 spiro atoms. The summed E-state index contributed by atoms with van der Waals surface area (Å²) in [5.74, 6) is -0.896. The molecule has 0 unspecified atom stereocenters. The van der Waals surface area contributed by atoms with Gasteiger partial charge in [0.05, 0.1) is 15.5 Å². The van der Waals surface area contributed by atoms with Crippen molar-refractivity contribution in [1.29, 1.82) is 0 Å². The van der Waals surface area contributed by atoms with E-state index in [0.29, 0.717) is 16.9 Å². The summed E-state index contributed by atoms with van der Waals surface area (Å²) in [6.45, 7) is 3.13. The Morgan fingerprint density at radius 1 is 1.00 bits per heavy atom. The van der Waals surface area contributed by atoms with E-state index in [4.69, 9.17) is 0 Å². The maximum Gasteiger partial charge on any atom is 0.273 e. The molecule has 0 atom stereocenters. The molecule has 4 rings (SSSR count). The molecular formula is C24H23FN4O5S. The summed E-state index contributed by atoms with van der Waals surface area (Å²) in [4.78, 5) is 24.8. The summed E-state index contributed by atoms with van der Waals surface area (Å²) < 4.78 is 42.1. The van der Waals surface area contributed by atoms with Crippen molar-refractivity contribution in [1.82, 2.24) is 0 Å². The second-order valence-electron chi connectivity index (χ2n) is 8.20. The Labute approximate surface area is 201 Å². The van der Waals surface area contributed by atoms with E-state index in [0.717, 1.165) is 32.0 Å². The van der Waals surface area contributed by atoms with E-state index in [1.807, 2.05) is 4.90 Å². The highest BCUT2D eigenvalue weighted by atomic mass is 32.2. The molecule has 0 radical (unpaired) electrons. The zero-order valence-corrected chi connectivity index (χ0v) is 19.6. The second-order valence-corrected chi connectivity index (χ2v) is 9.89. The SMILES string of the molecule is Cc1ccc(S(=O)(=O)Nc2ccc(C(=O)Nc3ccc(N4CCCC4)c(F)c3)cc2)cc1[N+](=O)[O-]. The van der Waals surface area contributed by atoms with Crippen molar-refractivity contribution >= 4 is 38.7 Å². The fourth-order valence-electron chi connectivity index (χ4n) is 3.86. The molecule has 182 valence electrons. The molecule has 1 fully saturated rings. The van der Waals surface area contributed by atoms with E-state index in [-0.39, 0.29) is 21.8 Å². The van der Waals surface area contributed by atoms with Crippen LogP contribution in [0.4, 0.5) is 27.1 Å². The van der Waals surface area contributed by atoms with Crippen molar-refractivity contribution in [2.45, 2.75) is 24.7 Å². The molecule has 3 aromatic rings. The zero-order valence-electron chi connectivity index (χ0n) is 18.8. The lowest BCUT2D eigenvalue weighted by Crippen LogP contribution is -2.19. The number of sulfonamides is 1. The normalized spacial score (nSPS) is 13.5. The van der Waals surface area contributed by atoms with Crippen LogP contribution < -0.4 is 14.9 Å². The van der Waals surface area contributed by atoms with Crippen LogP contribution >= 0.6 is 0 Å². The van der Waals surface area contributed by atoms with Gasteiger partial charge in [-0.05, 0) is 68.3 Å². The van der Waals surface area contributed by atoms with Gasteiger partial charge in [0.2, 0.25) is 0 Å². The Morgan fingerprint density at radius 2 is 1.66 bits per heavy atom. The van der Waals surface area contributed by atoms with Crippen molar-refractivity contribution in [3.8, 4) is 0 Å². The highest BCUT2D eigenvalue weighted by molar-refractivity contribution is 7.92. The first kappa shape index (κ1) is 24.1. The Balaban J connectivity index is 1.44. The molecule has 1 aliphatic rings. The topological polar surface area (TPSA) is 122 Å². The molecule has 3 aromatic carbocycles. The molecule has 1 aliphatic heterocycles. The van der Waals surface area contributed by atoms with Gasteiger partial charge in [-0.15, -0.1) is 0 Å². The van der Waals surface area contributed by atoms with Gasteiger partial charge < -0.3 is 10.2 Å². The molecule has 1 heterocycles. The third-order valence-corrected chi connectivity index (χ3v) is 7.12. The predicted molar refractivity (Wildman–Crippen MR) is 131 cm³/mol. The van der Waals surface area contributed by atoms with Gasteiger partial charge in [0.15, 0.2) is 0 Å². The number of nitro benzene ring substituents is 1. The molecule has 35 heavy (non-hydrogen) atoms. The lowest BCUT2D eigenvalue weighted by molar-refractivity contribution is -0.385. The first-order valence-electron chi connectivity index (χ1n) is 10.9. The molecule has 0 bridgehead atoms. The van der Waals surface area contributed by atoms with Crippen molar-refractivity contribution in [3.05, 3.63) is 87.7 Å². The van der Waals surface area contributed by atoms with E-state index >= 15 is 0 Å². The number of nitro groups is 1. The minimum absolute atomic E-state index is 0.172. The Morgan fingerprint density at radius 3 is 2.29 bits per heavy atom. The van der Waals surface area contributed by atoms with Gasteiger partial charge in [0, 0.05) is 41.7 Å². The first-order chi connectivity index (χ1) is 16.6. The lowest BCUT2D eigenvalue weighted by atomic mass is 10.2. The Kier molecular flexibility index (Phi) is 6.70. The molecular weight excluding hydrogens is 475 g/mol. The van der Waals surface area contributed by atoms with Crippen LogP contribution in [-0.4, -0.2) is 32.3 Å². The summed E-state index contributed by atoms with van der Waals surface area (Å²) in [6.07, 6.45) is 2.05. The summed E-state index contributed by atoms with van der Waals surface area (Å²) in [6, 6.07) is 13.8. The number of amides is 1. The molecule has 0 aromatic heterocycles. The second kappa shape index (κ2) is 9.71. The van der Waals surface area contributed by atoms with Crippen LogP contribution in [0.15, 0.2) is 65.6 Å². The van der Waals surface area contributed by atoms with Crippen LogP contribution in [0.25, 0.3) is 0 Å². The molecule has 2 N–H and O–H groups in total. The zero-order chi connectivity index (χ0) is 25.2. The Hall–Kier alpha value is -3.99. The van der Waals surface area contributed by atoms with Crippen molar-refractivity contribution in [2.75, 3.05) is 28.0 Å². The molecule has 1 amide bonds. The van der Waals surface area contributed by atoms with E-state index < -0.39 is 26.7 Å².